The van der Waals surface area contributed by atoms with Gasteiger partial charge < -0.3 is 9.97 Å². The van der Waals surface area contributed by atoms with Crippen molar-refractivity contribution in [3.63, 3.8) is 0 Å². The van der Waals surface area contributed by atoms with Crippen LogP contribution in [-0.2, 0) is 0 Å². The molecule has 0 aliphatic carbocycles. The lowest BCUT2D eigenvalue weighted by Crippen LogP contribution is -1.90. The highest BCUT2D eigenvalue weighted by molar-refractivity contribution is 5.78. The number of hydrogen-bond donors (Lipinski definition) is 2. The van der Waals surface area contributed by atoms with Gasteiger partial charge in [0.1, 0.15) is 23.8 Å². The fraction of sp³-hybridized carbons (Fsp3) is 0.143. The first-order valence-electron chi connectivity index (χ1n) is 6.28. The van der Waals surface area contributed by atoms with E-state index in [1.807, 2.05) is 26.0 Å². The van der Waals surface area contributed by atoms with Crippen LogP contribution in [0.15, 0.2) is 33.8 Å². The Morgan fingerprint density at radius 1 is 0.955 bits per heavy atom. The first-order chi connectivity index (χ1) is 10.6. The van der Waals surface area contributed by atoms with Crippen LogP contribution in [0.2, 0.25) is 0 Å². The van der Waals surface area contributed by atoms with E-state index in [1.54, 1.807) is 12.4 Å². The lowest BCUT2D eigenvalue weighted by atomic mass is 10.3. The Labute approximate surface area is 126 Å². The van der Waals surface area contributed by atoms with E-state index in [0.29, 0.717) is 11.6 Å². The molecule has 0 saturated heterocycles. The SMILES string of the molecule is Cc1cnc(C=NC(C#N)=C(C#N)N=Cc2ncc(C)[nH]2)[nH]1. The van der Waals surface area contributed by atoms with Crippen LogP contribution >= 0.6 is 0 Å². The average Bonchev–Trinajstić information content (AvgIpc) is 3.11. The second kappa shape index (κ2) is 6.77. The molecule has 0 aliphatic heterocycles. The van der Waals surface area contributed by atoms with Gasteiger partial charge in [-0.15, -0.1) is 0 Å². The maximum Gasteiger partial charge on any atom is 0.177 e. The zero-order valence-electron chi connectivity index (χ0n) is 12.0. The fourth-order valence-electron chi connectivity index (χ4n) is 1.53. The molecule has 8 heteroatoms. The maximum absolute atomic E-state index is 9.11. The van der Waals surface area contributed by atoms with Crippen molar-refractivity contribution in [3.8, 4) is 12.1 Å². The van der Waals surface area contributed by atoms with Crippen molar-refractivity contribution in [2.75, 3.05) is 0 Å². The van der Waals surface area contributed by atoms with Crippen molar-refractivity contribution in [2.45, 2.75) is 13.8 Å². The van der Waals surface area contributed by atoms with Crippen LogP contribution in [-0.4, -0.2) is 32.4 Å². The van der Waals surface area contributed by atoms with Crippen LogP contribution in [0, 0.1) is 36.5 Å². The van der Waals surface area contributed by atoms with E-state index in [2.05, 4.69) is 29.9 Å². The zero-order valence-corrected chi connectivity index (χ0v) is 12.0. The molecule has 2 heterocycles. The van der Waals surface area contributed by atoms with Crippen molar-refractivity contribution in [1.29, 1.82) is 10.5 Å². The van der Waals surface area contributed by atoms with E-state index in [-0.39, 0.29) is 11.4 Å². The van der Waals surface area contributed by atoms with Gasteiger partial charge in [0, 0.05) is 23.8 Å². The summed E-state index contributed by atoms with van der Waals surface area (Å²) in [6.07, 6.45) is 6.02. The molecule has 8 nitrogen and oxygen atoms in total. The molecule has 2 aromatic rings. The van der Waals surface area contributed by atoms with E-state index >= 15 is 0 Å². The predicted octanol–water partition coefficient (Wildman–Crippen LogP) is 1.55. The second-order valence-corrected chi connectivity index (χ2v) is 4.34. The molecular formula is C14H12N8. The molecule has 2 N–H and O–H groups in total. The minimum atomic E-state index is -0.101. The van der Waals surface area contributed by atoms with Crippen molar-refractivity contribution < 1.29 is 0 Å². The number of imidazole rings is 2. The Bertz CT molecular complexity index is 765. The molecule has 2 rings (SSSR count). The van der Waals surface area contributed by atoms with Gasteiger partial charge in [0.2, 0.25) is 0 Å². The summed E-state index contributed by atoms with van der Waals surface area (Å²) < 4.78 is 0. The molecule has 0 spiro atoms. The highest BCUT2D eigenvalue weighted by Crippen LogP contribution is 2.06. The van der Waals surface area contributed by atoms with E-state index in [0.717, 1.165) is 11.4 Å². The van der Waals surface area contributed by atoms with Crippen molar-refractivity contribution in [2.24, 2.45) is 9.98 Å². The third-order valence-corrected chi connectivity index (χ3v) is 2.51. The Morgan fingerprint density at radius 2 is 1.36 bits per heavy atom. The number of aliphatic imine (C=N–C) groups is 2. The molecule has 0 atom stereocenters. The summed E-state index contributed by atoms with van der Waals surface area (Å²) in [5.41, 5.74) is 1.54. The molecule has 0 fully saturated rings. The topological polar surface area (TPSA) is 130 Å². The Balaban J connectivity index is 2.25. The third-order valence-electron chi connectivity index (χ3n) is 2.51. The van der Waals surface area contributed by atoms with Crippen LogP contribution < -0.4 is 0 Å². The molecule has 0 aromatic carbocycles. The Hall–Kier alpha value is -3.52. The minimum Gasteiger partial charge on any atom is -0.341 e. The maximum atomic E-state index is 9.11. The number of hydrogen-bond acceptors (Lipinski definition) is 6. The van der Waals surface area contributed by atoms with Gasteiger partial charge in [-0.1, -0.05) is 0 Å². The summed E-state index contributed by atoms with van der Waals surface area (Å²) in [6.45, 7) is 3.70. The molecule has 0 saturated carbocycles. The quantitative estimate of drug-likeness (QED) is 0.653. The fourth-order valence-corrected chi connectivity index (χ4v) is 1.53. The van der Waals surface area contributed by atoms with Crippen LogP contribution in [0.25, 0.3) is 0 Å². The van der Waals surface area contributed by atoms with E-state index in [4.69, 9.17) is 10.5 Å². The summed E-state index contributed by atoms with van der Waals surface area (Å²) in [7, 11) is 0. The third kappa shape index (κ3) is 3.74. The summed E-state index contributed by atoms with van der Waals surface area (Å²) in [5, 5.41) is 18.2. The number of aromatic nitrogens is 4. The average molecular weight is 292 g/mol. The van der Waals surface area contributed by atoms with Crippen molar-refractivity contribution in [3.05, 3.63) is 46.8 Å². The zero-order chi connectivity index (χ0) is 15.9. The number of nitrogens with one attached hydrogen (secondary N) is 2. The number of aryl methyl sites for hydroxylation is 2. The number of nitrogens with zero attached hydrogens (tertiary/aromatic N) is 6. The van der Waals surface area contributed by atoms with E-state index in [9.17, 15) is 0 Å². The van der Waals surface area contributed by atoms with Gasteiger partial charge in [-0.2, -0.15) is 10.5 Å². The number of allylic oxidation sites excluding steroid dienone is 2. The second-order valence-electron chi connectivity index (χ2n) is 4.34. The summed E-state index contributed by atoms with van der Waals surface area (Å²) in [4.78, 5) is 21.8. The van der Waals surface area contributed by atoms with Crippen LogP contribution in [0.3, 0.4) is 0 Å². The minimum absolute atomic E-state index is 0.101. The number of H-pyrrole nitrogens is 2. The standard InChI is InChI=1S/C14H12N8/c1-9-5-19-13(21-9)7-17-11(3-15)12(4-16)18-8-14-20-6-10(2)22-14/h5-8H,1-2H3,(H,19,21)(H,20,22). The van der Waals surface area contributed by atoms with Crippen molar-refractivity contribution in [1.82, 2.24) is 19.9 Å². The van der Waals surface area contributed by atoms with Gasteiger partial charge >= 0.3 is 0 Å². The number of aromatic amines is 2. The van der Waals surface area contributed by atoms with Crippen LogP contribution in [0.1, 0.15) is 23.0 Å². The van der Waals surface area contributed by atoms with Gasteiger partial charge in [-0.25, -0.2) is 20.0 Å². The van der Waals surface area contributed by atoms with E-state index < -0.39 is 0 Å². The van der Waals surface area contributed by atoms with Gasteiger partial charge in [0.05, 0.1) is 12.4 Å². The lowest BCUT2D eigenvalue weighted by molar-refractivity contribution is 1.20. The molecule has 108 valence electrons. The van der Waals surface area contributed by atoms with Gasteiger partial charge in [0.15, 0.2) is 11.4 Å². The summed E-state index contributed by atoms with van der Waals surface area (Å²) in [5.74, 6) is 0.987. The molecule has 0 bridgehead atoms. The molecule has 0 unspecified atom stereocenters. The molecule has 0 amide bonds. The van der Waals surface area contributed by atoms with Crippen LogP contribution in [0.4, 0.5) is 0 Å². The molecule has 0 aliphatic rings. The lowest BCUT2D eigenvalue weighted by Gasteiger charge is -1.91. The monoisotopic (exact) mass is 292 g/mol. The Kier molecular flexibility index (Phi) is 4.58. The molecule has 0 radical (unpaired) electrons. The normalized spacial score (nSPS) is 12.4. The van der Waals surface area contributed by atoms with Gasteiger partial charge in [-0.3, -0.25) is 0 Å². The highest BCUT2D eigenvalue weighted by Gasteiger charge is 2.04. The molecule has 22 heavy (non-hydrogen) atoms. The van der Waals surface area contributed by atoms with Gasteiger partial charge in [-0.05, 0) is 13.8 Å². The number of rotatable bonds is 4. The van der Waals surface area contributed by atoms with E-state index in [1.165, 1.54) is 12.4 Å². The van der Waals surface area contributed by atoms with Crippen LogP contribution in [0.5, 0.6) is 0 Å². The Morgan fingerprint density at radius 3 is 1.64 bits per heavy atom. The predicted molar refractivity (Wildman–Crippen MR) is 80.1 cm³/mol. The summed E-state index contributed by atoms with van der Waals surface area (Å²) in [6, 6.07) is 3.69. The first-order valence-corrected chi connectivity index (χ1v) is 6.28. The largest absolute Gasteiger partial charge is 0.341 e. The summed E-state index contributed by atoms with van der Waals surface area (Å²) >= 11 is 0. The molecule has 2 aromatic heterocycles. The van der Waals surface area contributed by atoms with Crippen molar-refractivity contribution >= 4 is 12.4 Å². The first kappa shape index (κ1) is 14.9. The number of nitriles is 2. The smallest absolute Gasteiger partial charge is 0.177 e. The van der Waals surface area contributed by atoms with Gasteiger partial charge in [0.25, 0.3) is 0 Å². The molecular weight excluding hydrogens is 280 g/mol. The highest BCUT2D eigenvalue weighted by atomic mass is 14.9.